The van der Waals surface area contributed by atoms with E-state index in [9.17, 15) is 17.6 Å². The van der Waals surface area contributed by atoms with E-state index in [1.165, 1.54) is 6.07 Å². The number of benzene rings is 1. The number of halogens is 4. The first-order valence-corrected chi connectivity index (χ1v) is 4.21. The fourth-order valence-electron chi connectivity index (χ4n) is 0.896. The minimum atomic E-state index is -4.42. The van der Waals surface area contributed by atoms with Crippen LogP contribution in [0.1, 0.15) is 0 Å². The van der Waals surface area contributed by atoms with E-state index in [0.717, 1.165) is 12.1 Å². The average molecular weight is 239 g/mol. The maximum Gasteiger partial charge on any atom is 0.411 e. The average Bonchev–Trinajstić information content (AvgIpc) is 2.16. The number of anilines is 1. The van der Waals surface area contributed by atoms with E-state index in [-0.39, 0.29) is 11.4 Å². The molecule has 3 nitrogen and oxygen atoms in total. The molecule has 0 heterocycles. The Labute approximate surface area is 88.8 Å². The number of nitrogen functional groups attached to an aromatic ring is 1. The van der Waals surface area contributed by atoms with Gasteiger partial charge in [-0.3, -0.25) is 0 Å². The van der Waals surface area contributed by atoms with E-state index < -0.39 is 25.4 Å². The van der Waals surface area contributed by atoms with Crippen LogP contribution in [0.4, 0.5) is 23.2 Å². The minimum absolute atomic E-state index is 0.0535. The number of nitrogens with two attached hydrogens (primary N) is 1. The molecule has 2 N–H and O–H groups in total. The van der Waals surface area contributed by atoms with Gasteiger partial charge < -0.3 is 15.2 Å². The van der Waals surface area contributed by atoms with Crippen LogP contribution in [0.5, 0.6) is 5.75 Å². The molecule has 0 unspecified atom stereocenters. The molecule has 1 aromatic carbocycles. The first kappa shape index (κ1) is 12.6. The first-order chi connectivity index (χ1) is 7.38. The zero-order valence-electron chi connectivity index (χ0n) is 8.05. The topological polar surface area (TPSA) is 44.5 Å². The van der Waals surface area contributed by atoms with Crippen molar-refractivity contribution in [2.75, 3.05) is 19.1 Å². The summed E-state index contributed by atoms with van der Waals surface area (Å²) in [7, 11) is 0. The van der Waals surface area contributed by atoms with Crippen LogP contribution in [0.2, 0.25) is 0 Å². The highest BCUT2D eigenvalue weighted by atomic mass is 19.4. The lowest BCUT2D eigenvalue weighted by Gasteiger charge is -2.10. The quantitative estimate of drug-likeness (QED) is 0.379. The fourth-order valence-corrected chi connectivity index (χ4v) is 0.896. The third-order valence-electron chi connectivity index (χ3n) is 1.54. The van der Waals surface area contributed by atoms with Crippen LogP contribution >= 0.6 is 0 Å². The molecule has 0 spiro atoms. The molecule has 0 atom stereocenters. The predicted molar refractivity (Wildman–Crippen MR) is 48.3 cm³/mol. The predicted octanol–water partition coefficient (Wildman–Crippen LogP) is 2.32. The monoisotopic (exact) mass is 239 g/mol. The highest BCUT2D eigenvalue weighted by molar-refractivity contribution is 5.52. The van der Waals surface area contributed by atoms with E-state index in [4.69, 9.17) is 10.5 Å². The van der Waals surface area contributed by atoms with Gasteiger partial charge in [0, 0.05) is 6.07 Å². The number of hydrogen-bond acceptors (Lipinski definition) is 3. The Kier molecular flexibility index (Phi) is 3.94. The van der Waals surface area contributed by atoms with Gasteiger partial charge in [-0.15, -0.1) is 0 Å². The number of alkyl halides is 3. The molecule has 7 heteroatoms. The van der Waals surface area contributed by atoms with Crippen LogP contribution in [0.3, 0.4) is 0 Å². The number of ether oxygens (including phenoxy) is 2. The van der Waals surface area contributed by atoms with Gasteiger partial charge in [-0.1, -0.05) is 0 Å². The van der Waals surface area contributed by atoms with Crippen LogP contribution in [-0.2, 0) is 4.74 Å². The molecular weight excluding hydrogens is 230 g/mol. The molecule has 0 radical (unpaired) electrons. The van der Waals surface area contributed by atoms with Gasteiger partial charge in [-0.2, -0.15) is 13.2 Å². The third kappa shape index (κ3) is 4.35. The van der Waals surface area contributed by atoms with Crippen molar-refractivity contribution in [3.63, 3.8) is 0 Å². The Hall–Kier alpha value is -1.50. The van der Waals surface area contributed by atoms with Crippen LogP contribution in [-0.4, -0.2) is 19.6 Å². The summed E-state index contributed by atoms with van der Waals surface area (Å²) in [6.45, 7) is -2.07. The van der Waals surface area contributed by atoms with Gasteiger partial charge in [-0.05, 0) is 12.1 Å². The minimum Gasteiger partial charge on any atom is -0.465 e. The van der Waals surface area contributed by atoms with Crippen LogP contribution in [0, 0.1) is 5.82 Å². The molecular formula is C9H9F4NO2. The summed E-state index contributed by atoms with van der Waals surface area (Å²) in [5, 5.41) is 0. The molecule has 0 saturated carbocycles. The fraction of sp³-hybridized carbons (Fsp3) is 0.333. The lowest BCUT2D eigenvalue weighted by molar-refractivity contribution is -0.186. The second kappa shape index (κ2) is 5.02. The van der Waals surface area contributed by atoms with Crippen molar-refractivity contribution in [1.82, 2.24) is 0 Å². The highest BCUT2D eigenvalue weighted by Crippen LogP contribution is 2.22. The Morgan fingerprint density at radius 1 is 1.25 bits per heavy atom. The van der Waals surface area contributed by atoms with Gasteiger partial charge in [0.05, 0.1) is 5.69 Å². The second-order valence-electron chi connectivity index (χ2n) is 2.91. The normalized spacial score (nSPS) is 11.5. The van der Waals surface area contributed by atoms with Gasteiger partial charge in [0.2, 0.25) is 0 Å². The maximum absolute atomic E-state index is 12.7. The summed E-state index contributed by atoms with van der Waals surface area (Å²) < 4.78 is 56.6. The van der Waals surface area contributed by atoms with Crippen molar-refractivity contribution in [3.05, 3.63) is 24.0 Å². The zero-order valence-corrected chi connectivity index (χ0v) is 8.05. The van der Waals surface area contributed by atoms with Crippen molar-refractivity contribution in [1.29, 1.82) is 0 Å². The largest absolute Gasteiger partial charge is 0.465 e. The molecule has 0 aliphatic carbocycles. The smallest absolute Gasteiger partial charge is 0.411 e. The van der Waals surface area contributed by atoms with Crippen LogP contribution in [0.25, 0.3) is 0 Å². The second-order valence-corrected chi connectivity index (χ2v) is 2.91. The Balaban J connectivity index is 2.40. The summed E-state index contributed by atoms with van der Waals surface area (Å²) in [5.74, 6) is -0.651. The molecule has 0 bridgehead atoms. The number of rotatable bonds is 4. The van der Waals surface area contributed by atoms with Gasteiger partial charge in [0.15, 0.2) is 6.79 Å². The highest BCUT2D eigenvalue weighted by Gasteiger charge is 2.27. The van der Waals surface area contributed by atoms with Crippen molar-refractivity contribution < 1.29 is 27.0 Å². The van der Waals surface area contributed by atoms with Crippen LogP contribution < -0.4 is 10.5 Å². The molecule has 0 aliphatic rings. The van der Waals surface area contributed by atoms with Crippen molar-refractivity contribution in [3.8, 4) is 5.75 Å². The molecule has 0 amide bonds. The third-order valence-corrected chi connectivity index (χ3v) is 1.54. The van der Waals surface area contributed by atoms with E-state index >= 15 is 0 Å². The van der Waals surface area contributed by atoms with Gasteiger partial charge in [-0.25, -0.2) is 4.39 Å². The molecule has 16 heavy (non-hydrogen) atoms. The maximum atomic E-state index is 12.7. The van der Waals surface area contributed by atoms with Crippen molar-refractivity contribution in [2.45, 2.75) is 6.18 Å². The molecule has 90 valence electrons. The summed E-state index contributed by atoms with van der Waals surface area (Å²) in [6, 6.07) is 3.32. The van der Waals surface area contributed by atoms with E-state index in [0.29, 0.717) is 0 Å². The Morgan fingerprint density at radius 3 is 2.56 bits per heavy atom. The molecule has 0 aromatic heterocycles. The van der Waals surface area contributed by atoms with E-state index in [1.54, 1.807) is 0 Å². The molecule has 0 aliphatic heterocycles. The van der Waals surface area contributed by atoms with Gasteiger partial charge in [0.1, 0.15) is 18.2 Å². The van der Waals surface area contributed by atoms with Crippen molar-refractivity contribution in [2.24, 2.45) is 0 Å². The molecule has 1 aromatic rings. The SMILES string of the molecule is Nc1ccc(F)cc1OCOCC(F)(F)F. The van der Waals surface area contributed by atoms with E-state index in [1.807, 2.05) is 0 Å². The Morgan fingerprint density at radius 2 is 1.94 bits per heavy atom. The van der Waals surface area contributed by atoms with E-state index in [2.05, 4.69) is 4.74 Å². The lowest BCUT2D eigenvalue weighted by atomic mass is 10.3. The summed E-state index contributed by atoms with van der Waals surface area (Å²) in [5.41, 5.74) is 5.51. The summed E-state index contributed by atoms with van der Waals surface area (Å²) in [4.78, 5) is 0. The van der Waals surface area contributed by atoms with Crippen LogP contribution in [0.15, 0.2) is 18.2 Å². The lowest BCUT2D eigenvalue weighted by Crippen LogP contribution is -2.19. The van der Waals surface area contributed by atoms with Gasteiger partial charge >= 0.3 is 6.18 Å². The first-order valence-electron chi connectivity index (χ1n) is 4.21. The van der Waals surface area contributed by atoms with Crippen molar-refractivity contribution >= 4 is 5.69 Å². The number of hydrogen-bond donors (Lipinski definition) is 1. The molecule has 0 saturated heterocycles. The standard InChI is InChI=1S/C9H9F4NO2/c10-6-1-2-7(14)8(3-6)16-5-15-4-9(11,12)13/h1-3H,4-5,14H2. The molecule has 1 rings (SSSR count). The Bertz CT molecular complexity index is 354. The summed E-state index contributed by atoms with van der Waals surface area (Å²) >= 11 is 0. The summed E-state index contributed by atoms with van der Waals surface area (Å²) in [6.07, 6.45) is -4.42. The molecule has 0 fully saturated rings. The van der Waals surface area contributed by atoms with Gasteiger partial charge in [0.25, 0.3) is 0 Å². The zero-order chi connectivity index (χ0) is 12.2.